The fraction of sp³-hybridized carbons (Fsp3) is 0.667. The lowest BCUT2D eigenvalue weighted by Gasteiger charge is -2.21. The summed E-state index contributed by atoms with van der Waals surface area (Å²) in [7, 11) is 0. The summed E-state index contributed by atoms with van der Waals surface area (Å²) in [6.07, 6.45) is 2.56. The molecule has 102 valence electrons. The molecule has 1 heterocycles. The lowest BCUT2D eigenvalue weighted by Crippen LogP contribution is -2.41. The lowest BCUT2D eigenvalue weighted by atomic mass is 10.1. The van der Waals surface area contributed by atoms with Gasteiger partial charge in [0.15, 0.2) is 0 Å². The van der Waals surface area contributed by atoms with Crippen molar-refractivity contribution in [2.24, 2.45) is 0 Å². The molecule has 6 heteroatoms. The van der Waals surface area contributed by atoms with Gasteiger partial charge in [0.2, 0.25) is 0 Å². The summed E-state index contributed by atoms with van der Waals surface area (Å²) >= 11 is 1.53. The zero-order chi connectivity index (χ0) is 13.7. The Hall–Kier alpha value is -1.01. The SMILES string of the molecule is CCc1noc(C)c1C(=O)NC(C)C(CO)SC. The van der Waals surface area contributed by atoms with Gasteiger partial charge >= 0.3 is 0 Å². The number of nitrogens with zero attached hydrogens (tertiary/aromatic N) is 1. The maximum atomic E-state index is 12.2. The molecule has 0 radical (unpaired) electrons. The van der Waals surface area contributed by atoms with Gasteiger partial charge in [-0.25, -0.2) is 0 Å². The molecule has 0 aromatic carbocycles. The van der Waals surface area contributed by atoms with E-state index >= 15 is 0 Å². The first kappa shape index (κ1) is 15.0. The molecule has 1 amide bonds. The van der Waals surface area contributed by atoms with Crippen LogP contribution >= 0.6 is 11.8 Å². The van der Waals surface area contributed by atoms with Crippen LogP contribution in [0.1, 0.15) is 35.7 Å². The second-order valence-electron chi connectivity index (χ2n) is 4.13. The third-order valence-corrected chi connectivity index (χ3v) is 4.06. The minimum atomic E-state index is -0.189. The quantitative estimate of drug-likeness (QED) is 0.818. The Kier molecular flexibility index (Phi) is 5.68. The van der Waals surface area contributed by atoms with Crippen LogP contribution in [-0.2, 0) is 6.42 Å². The average molecular weight is 272 g/mol. The molecule has 5 nitrogen and oxygen atoms in total. The van der Waals surface area contributed by atoms with Crippen LogP contribution in [0.25, 0.3) is 0 Å². The average Bonchev–Trinajstić information content (AvgIpc) is 2.71. The molecule has 1 rings (SSSR count). The highest BCUT2D eigenvalue weighted by Gasteiger charge is 2.23. The van der Waals surface area contributed by atoms with Crippen molar-refractivity contribution in [3.05, 3.63) is 17.0 Å². The molecule has 0 aliphatic rings. The van der Waals surface area contributed by atoms with Gasteiger partial charge in [0.1, 0.15) is 11.3 Å². The Labute approximate surface area is 111 Å². The van der Waals surface area contributed by atoms with Crippen LogP contribution in [0.5, 0.6) is 0 Å². The largest absolute Gasteiger partial charge is 0.395 e. The molecule has 0 bridgehead atoms. The Balaban J connectivity index is 2.79. The van der Waals surface area contributed by atoms with Crippen molar-refractivity contribution in [3.8, 4) is 0 Å². The van der Waals surface area contributed by atoms with Gasteiger partial charge in [-0.05, 0) is 26.5 Å². The number of aliphatic hydroxyl groups excluding tert-OH is 1. The number of aryl methyl sites for hydroxylation is 2. The van der Waals surface area contributed by atoms with Crippen molar-refractivity contribution in [2.75, 3.05) is 12.9 Å². The topological polar surface area (TPSA) is 75.4 Å². The standard InChI is InChI=1S/C12H20N2O3S/c1-5-9-11(8(3)17-14-9)12(16)13-7(2)10(6-15)18-4/h7,10,15H,5-6H2,1-4H3,(H,13,16). The summed E-state index contributed by atoms with van der Waals surface area (Å²) in [5.41, 5.74) is 1.18. The lowest BCUT2D eigenvalue weighted by molar-refractivity contribution is 0.0933. The van der Waals surface area contributed by atoms with Gasteiger partial charge in [-0.3, -0.25) is 4.79 Å². The van der Waals surface area contributed by atoms with E-state index in [1.54, 1.807) is 6.92 Å². The number of aliphatic hydroxyl groups is 1. The molecule has 2 atom stereocenters. The fourth-order valence-electron chi connectivity index (χ4n) is 1.76. The van der Waals surface area contributed by atoms with Crippen molar-refractivity contribution in [2.45, 2.75) is 38.5 Å². The van der Waals surface area contributed by atoms with E-state index in [4.69, 9.17) is 4.52 Å². The van der Waals surface area contributed by atoms with E-state index in [2.05, 4.69) is 10.5 Å². The zero-order valence-corrected chi connectivity index (χ0v) is 12.0. The Morgan fingerprint density at radius 3 is 2.78 bits per heavy atom. The minimum absolute atomic E-state index is 0.0146. The first-order chi connectivity index (χ1) is 8.54. The number of hydrogen-bond acceptors (Lipinski definition) is 5. The van der Waals surface area contributed by atoms with E-state index in [0.29, 0.717) is 23.4 Å². The molecule has 0 spiro atoms. The van der Waals surface area contributed by atoms with Gasteiger partial charge < -0.3 is 14.9 Å². The zero-order valence-electron chi connectivity index (χ0n) is 11.2. The maximum absolute atomic E-state index is 12.2. The molecule has 1 aromatic heterocycles. The van der Waals surface area contributed by atoms with Crippen LogP contribution in [-0.4, -0.2) is 40.3 Å². The molecule has 2 unspecified atom stereocenters. The summed E-state index contributed by atoms with van der Waals surface area (Å²) in [4.78, 5) is 12.2. The molecule has 0 aliphatic heterocycles. The highest BCUT2D eigenvalue weighted by Crippen LogP contribution is 2.16. The van der Waals surface area contributed by atoms with E-state index in [9.17, 15) is 9.90 Å². The predicted molar refractivity (Wildman–Crippen MR) is 71.9 cm³/mol. The summed E-state index contributed by atoms with van der Waals surface area (Å²) < 4.78 is 5.04. The number of thioether (sulfide) groups is 1. The van der Waals surface area contributed by atoms with Crippen LogP contribution < -0.4 is 5.32 Å². The van der Waals surface area contributed by atoms with E-state index < -0.39 is 0 Å². The first-order valence-electron chi connectivity index (χ1n) is 5.94. The molecular weight excluding hydrogens is 252 g/mol. The molecule has 1 aromatic rings. The Morgan fingerprint density at radius 2 is 2.28 bits per heavy atom. The van der Waals surface area contributed by atoms with Crippen LogP contribution in [0, 0.1) is 6.92 Å². The number of hydrogen-bond donors (Lipinski definition) is 2. The maximum Gasteiger partial charge on any atom is 0.257 e. The number of rotatable bonds is 6. The van der Waals surface area contributed by atoms with Gasteiger partial charge in [0.05, 0.1) is 12.3 Å². The summed E-state index contributed by atoms with van der Waals surface area (Å²) in [6, 6.07) is -0.114. The fourth-order valence-corrected chi connectivity index (χ4v) is 2.38. The van der Waals surface area contributed by atoms with E-state index in [1.165, 1.54) is 11.8 Å². The smallest absolute Gasteiger partial charge is 0.257 e. The van der Waals surface area contributed by atoms with E-state index in [-0.39, 0.29) is 23.8 Å². The molecular formula is C12H20N2O3S. The first-order valence-corrected chi connectivity index (χ1v) is 7.23. The van der Waals surface area contributed by atoms with E-state index in [1.807, 2.05) is 20.1 Å². The van der Waals surface area contributed by atoms with E-state index in [0.717, 1.165) is 0 Å². The predicted octanol–water partition coefficient (Wildman–Crippen LogP) is 1.39. The van der Waals surface area contributed by atoms with Crippen molar-refractivity contribution in [3.63, 3.8) is 0 Å². The molecule has 0 saturated heterocycles. The minimum Gasteiger partial charge on any atom is -0.395 e. The number of carbonyl (C=O) groups is 1. The normalized spacial score (nSPS) is 14.3. The van der Waals surface area contributed by atoms with Crippen LogP contribution in [0.4, 0.5) is 0 Å². The molecule has 2 N–H and O–H groups in total. The van der Waals surface area contributed by atoms with Crippen molar-refractivity contribution in [1.29, 1.82) is 0 Å². The molecule has 0 fully saturated rings. The van der Waals surface area contributed by atoms with Crippen LogP contribution in [0.2, 0.25) is 0 Å². The number of aromatic nitrogens is 1. The van der Waals surface area contributed by atoms with Crippen LogP contribution in [0.3, 0.4) is 0 Å². The highest BCUT2D eigenvalue weighted by atomic mass is 32.2. The summed E-state index contributed by atoms with van der Waals surface area (Å²) in [5.74, 6) is 0.340. The number of nitrogens with one attached hydrogen (secondary N) is 1. The monoisotopic (exact) mass is 272 g/mol. The second kappa shape index (κ2) is 6.80. The van der Waals surface area contributed by atoms with Gasteiger partial charge in [-0.15, -0.1) is 0 Å². The molecule has 0 aliphatic carbocycles. The van der Waals surface area contributed by atoms with Crippen molar-refractivity contribution >= 4 is 17.7 Å². The third-order valence-electron chi connectivity index (χ3n) is 2.89. The number of carbonyl (C=O) groups excluding carboxylic acids is 1. The van der Waals surface area contributed by atoms with Crippen LogP contribution in [0.15, 0.2) is 4.52 Å². The Morgan fingerprint density at radius 1 is 1.61 bits per heavy atom. The van der Waals surface area contributed by atoms with Gasteiger partial charge in [-0.1, -0.05) is 12.1 Å². The summed E-state index contributed by atoms with van der Waals surface area (Å²) in [5, 5.41) is 15.9. The van der Waals surface area contributed by atoms with Gasteiger partial charge in [0.25, 0.3) is 5.91 Å². The third kappa shape index (κ3) is 3.26. The van der Waals surface area contributed by atoms with Crippen molar-refractivity contribution < 1.29 is 14.4 Å². The molecule has 0 saturated carbocycles. The second-order valence-corrected chi connectivity index (χ2v) is 5.21. The van der Waals surface area contributed by atoms with Gasteiger partial charge in [0, 0.05) is 11.3 Å². The highest BCUT2D eigenvalue weighted by molar-refractivity contribution is 7.99. The van der Waals surface area contributed by atoms with Crippen molar-refractivity contribution in [1.82, 2.24) is 10.5 Å². The Bertz CT molecular complexity index is 402. The molecule has 18 heavy (non-hydrogen) atoms. The number of amides is 1. The van der Waals surface area contributed by atoms with Gasteiger partial charge in [-0.2, -0.15) is 11.8 Å². The summed E-state index contributed by atoms with van der Waals surface area (Å²) in [6.45, 7) is 5.56.